The summed E-state index contributed by atoms with van der Waals surface area (Å²) in [5.74, 6) is 0.328. The lowest BCUT2D eigenvalue weighted by atomic mass is 10.1. The molecule has 3 fully saturated rings. The van der Waals surface area contributed by atoms with Crippen LogP contribution in [0.25, 0.3) is 0 Å². The summed E-state index contributed by atoms with van der Waals surface area (Å²) < 4.78 is 5.82. The number of carbonyl (C=O) groups is 1. The molecule has 0 aromatic carbocycles. The number of hydrogen-bond acceptors (Lipinski definition) is 4. The fraction of sp³-hybridized carbons (Fsp3) is 0.667. The Morgan fingerprint density at radius 3 is 2.91 bits per heavy atom. The van der Waals surface area contributed by atoms with E-state index in [1.54, 1.807) is 6.20 Å². The minimum atomic E-state index is 0.0139. The van der Waals surface area contributed by atoms with Gasteiger partial charge in [-0.1, -0.05) is 6.07 Å². The molecule has 23 heavy (non-hydrogen) atoms. The van der Waals surface area contributed by atoms with Gasteiger partial charge in [-0.15, -0.1) is 0 Å². The fourth-order valence-corrected chi connectivity index (χ4v) is 3.85. The molecule has 2 atom stereocenters. The van der Waals surface area contributed by atoms with E-state index in [1.807, 2.05) is 12.3 Å². The highest BCUT2D eigenvalue weighted by molar-refractivity contribution is 5.84. The summed E-state index contributed by atoms with van der Waals surface area (Å²) in [6.07, 6.45) is 9.54. The summed E-state index contributed by atoms with van der Waals surface area (Å²) in [5.41, 5.74) is 1.17. The first kappa shape index (κ1) is 15.1. The number of amides is 1. The van der Waals surface area contributed by atoms with Gasteiger partial charge in [-0.05, 0) is 43.7 Å². The maximum Gasteiger partial charge on any atom is 0.240 e. The van der Waals surface area contributed by atoms with Gasteiger partial charge in [0.2, 0.25) is 5.91 Å². The van der Waals surface area contributed by atoms with E-state index in [1.165, 1.54) is 18.4 Å². The van der Waals surface area contributed by atoms with Crippen molar-refractivity contribution in [2.45, 2.75) is 56.8 Å². The third-order valence-corrected chi connectivity index (χ3v) is 5.21. The van der Waals surface area contributed by atoms with Gasteiger partial charge in [-0.2, -0.15) is 0 Å². The van der Waals surface area contributed by atoms with E-state index < -0.39 is 0 Å². The van der Waals surface area contributed by atoms with E-state index in [4.69, 9.17) is 4.74 Å². The summed E-state index contributed by atoms with van der Waals surface area (Å²) >= 11 is 0. The predicted octanol–water partition coefficient (Wildman–Crippen LogP) is 1.83. The molecular formula is C18H25N3O2. The minimum absolute atomic E-state index is 0.0139. The summed E-state index contributed by atoms with van der Waals surface area (Å²) in [6.45, 7) is 3.41. The van der Waals surface area contributed by atoms with Crippen LogP contribution in [0.2, 0.25) is 0 Å². The van der Waals surface area contributed by atoms with Crippen molar-refractivity contribution >= 4 is 5.91 Å². The van der Waals surface area contributed by atoms with Crippen molar-refractivity contribution in [1.29, 1.82) is 0 Å². The monoisotopic (exact) mass is 315 g/mol. The van der Waals surface area contributed by atoms with E-state index >= 15 is 0 Å². The highest BCUT2D eigenvalue weighted by atomic mass is 16.5. The third-order valence-electron chi connectivity index (χ3n) is 5.21. The molecule has 2 aliphatic heterocycles. The molecule has 124 valence electrons. The average molecular weight is 315 g/mol. The van der Waals surface area contributed by atoms with Gasteiger partial charge < -0.3 is 9.64 Å². The minimum Gasteiger partial charge on any atom is -0.377 e. The Bertz CT molecular complexity index is 540. The van der Waals surface area contributed by atoms with Gasteiger partial charge in [-0.3, -0.25) is 14.7 Å². The molecular weight excluding hydrogens is 290 g/mol. The maximum absolute atomic E-state index is 12.8. The first-order valence-electron chi connectivity index (χ1n) is 8.86. The lowest BCUT2D eigenvalue weighted by Gasteiger charge is -2.30. The van der Waals surface area contributed by atoms with Crippen LogP contribution in [-0.4, -0.2) is 58.6 Å². The van der Waals surface area contributed by atoms with Crippen LogP contribution in [0.5, 0.6) is 0 Å². The molecule has 3 aliphatic rings. The van der Waals surface area contributed by atoms with Crippen LogP contribution in [0.3, 0.4) is 0 Å². The average Bonchev–Trinajstić information content (AvgIpc) is 3.14. The topological polar surface area (TPSA) is 45.7 Å². The fourth-order valence-electron chi connectivity index (χ4n) is 3.85. The second kappa shape index (κ2) is 6.57. The summed E-state index contributed by atoms with van der Waals surface area (Å²) in [4.78, 5) is 21.5. The van der Waals surface area contributed by atoms with Crippen molar-refractivity contribution in [3.8, 4) is 0 Å². The zero-order valence-electron chi connectivity index (χ0n) is 13.6. The number of nitrogens with zero attached hydrogens (tertiary/aromatic N) is 3. The number of aromatic nitrogens is 1. The van der Waals surface area contributed by atoms with Gasteiger partial charge in [0, 0.05) is 44.7 Å². The Labute approximate surface area is 137 Å². The van der Waals surface area contributed by atoms with Crippen molar-refractivity contribution in [1.82, 2.24) is 14.8 Å². The molecule has 1 aromatic rings. The Morgan fingerprint density at radius 2 is 2.22 bits per heavy atom. The van der Waals surface area contributed by atoms with E-state index in [-0.39, 0.29) is 12.1 Å². The first-order valence-corrected chi connectivity index (χ1v) is 8.86. The SMILES string of the molecule is O=C1C(N(Cc2cccnc2)CC2CCCO2)CCN1C1CC1. The van der Waals surface area contributed by atoms with Crippen LogP contribution in [-0.2, 0) is 16.1 Å². The van der Waals surface area contributed by atoms with Crippen LogP contribution in [0.4, 0.5) is 0 Å². The smallest absolute Gasteiger partial charge is 0.240 e. The van der Waals surface area contributed by atoms with Gasteiger partial charge in [-0.25, -0.2) is 0 Å². The number of carbonyl (C=O) groups excluding carboxylic acids is 1. The molecule has 1 aromatic heterocycles. The number of hydrogen-bond donors (Lipinski definition) is 0. The van der Waals surface area contributed by atoms with Gasteiger partial charge in [0.25, 0.3) is 0 Å². The summed E-state index contributed by atoms with van der Waals surface area (Å²) in [7, 11) is 0. The van der Waals surface area contributed by atoms with Gasteiger partial charge in [0.1, 0.15) is 0 Å². The largest absolute Gasteiger partial charge is 0.377 e. The highest BCUT2D eigenvalue weighted by Crippen LogP contribution is 2.32. The third kappa shape index (κ3) is 3.40. The number of likely N-dealkylation sites (tertiary alicyclic amines) is 1. The quantitative estimate of drug-likeness (QED) is 0.803. The van der Waals surface area contributed by atoms with E-state index in [2.05, 4.69) is 20.9 Å². The normalized spacial score (nSPS) is 28.0. The number of rotatable bonds is 6. The van der Waals surface area contributed by atoms with Crippen LogP contribution >= 0.6 is 0 Å². The molecule has 0 radical (unpaired) electrons. The molecule has 2 unspecified atom stereocenters. The molecule has 3 heterocycles. The zero-order chi connectivity index (χ0) is 15.6. The molecule has 0 bridgehead atoms. The zero-order valence-corrected chi connectivity index (χ0v) is 13.6. The Balaban J connectivity index is 1.48. The van der Waals surface area contributed by atoms with Crippen molar-refractivity contribution < 1.29 is 9.53 Å². The molecule has 1 aliphatic carbocycles. The second-order valence-electron chi connectivity index (χ2n) is 6.99. The number of ether oxygens (including phenoxy) is 1. The second-order valence-corrected chi connectivity index (χ2v) is 6.99. The molecule has 2 saturated heterocycles. The lowest BCUT2D eigenvalue weighted by molar-refractivity contribution is -0.133. The molecule has 5 nitrogen and oxygen atoms in total. The molecule has 4 rings (SSSR count). The Hall–Kier alpha value is -1.46. The van der Waals surface area contributed by atoms with Crippen molar-refractivity contribution in [3.05, 3.63) is 30.1 Å². The van der Waals surface area contributed by atoms with Crippen LogP contribution < -0.4 is 0 Å². The van der Waals surface area contributed by atoms with Gasteiger partial charge >= 0.3 is 0 Å². The van der Waals surface area contributed by atoms with Gasteiger partial charge in [0.05, 0.1) is 12.1 Å². The molecule has 5 heteroatoms. The highest BCUT2D eigenvalue weighted by Gasteiger charge is 2.43. The summed E-state index contributed by atoms with van der Waals surface area (Å²) in [6, 6.07) is 4.59. The summed E-state index contributed by atoms with van der Waals surface area (Å²) in [5, 5.41) is 0. The van der Waals surface area contributed by atoms with Gasteiger partial charge in [0.15, 0.2) is 0 Å². The lowest BCUT2D eigenvalue weighted by Crippen LogP contribution is -2.45. The van der Waals surface area contributed by atoms with Crippen molar-refractivity contribution in [2.75, 3.05) is 19.7 Å². The van der Waals surface area contributed by atoms with Crippen molar-refractivity contribution in [2.24, 2.45) is 0 Å². The Kier molecular flexibility index (Phi) is 4.31. The molecule has 1 saturated carbocycles. The predicted molar refractivity (Wildman–Crippen MR) is 86.8 cm³/mol. The van der Waals surface area contributed by atoms with Crippen LogP contribution in [0, 0.1) is 0 Å². The number of pyridine rings is 1. The van der Waals surface area contributed by atoms with E-state index in [0.717, 1.165) is 45.5 Å². The first-order chi connectivity index (χ1) is 11.3. The van der Waals surface area contributed by atoms with E-state index in [9.17, 15) is 4.79 Å². The Morgan fingerprint density at radius 1 is 1.30 bits per heavy atom. The van der Waals surface area contributed by atoms with Crippen LogP contribution in [0.15, 0.2) is 24.5 Å². The van der Waals surface area contributed by atoms with Crippen molar-refractivity contribution in [3.63, 3.8) is 0 Å². The van der Waals surface area contributed by atoms with Crippen LogP contribution in [0.1, 0.15) is 37.7 Å². The van der Waals surface area contributed by atoms with E-state index in [0.29, 0.717) is 11.9 Å². The molecule has 0 spiro atoms. The standard InChI is InChI=1S/C18H25N3O2/c22-18-17(7-9-21(18)15-5-6-15)20(13-16-4-2-10-23-16)12-14-3-1-8-19-11-14/h1,3,8,11,15-17H,2,4-7,9-10,12-13H2. The molecule has 0 N–H and O–H groups in total. The molecule has 1 amide bonds. The maximum atomic E-state index is 12.8.